The van der Waals surface area contributed by atoms with Crippen LogP contribution in [0.3, 0.4) is 0 Å². The lowest BCUT2D eigenvalue weighted by atomic mass is 10.1. The number of benzene rings is 1. The van der Waals surface area contributed by atoms with Gasteiger partial charge in [0.25, 0.3) is 5.91 Å². The Morgan fingerprint density at radius 3 is 2.46 bits per heavy atom. The topological polar surface area (TPSA) is 72.7 Å². The number of aromatic nitrogens is 4. The number of rotatable bonds is 3. The standard InChI is InChI=1S/C20H19N5O/c1-20(2,3)25-18-15(16(24-25)13-8-5-4-6-9-13)17(21-12-22-18)23-19(26)14-10-7-11-14/h4-12H,1-3H3,(H,21,22,23,26). The van der Waals surface area contributed by atoms with Gasteiger partial charge in [0.15, 0.2) is 5.65 Å². The Bertz CT molecular complexity index is 1050. The molecular weight excluding hydrogens is 326 g/mol. The minimum Gasteiger partial charge on any atom is -0.306 e. The van der Waals surface area contributed by atoms with Gasteiger partial charge in [0.05, 0.1) is 10.9 Å². The van der Waals surface area contributed by atoms with E-state index < -0.39 is 0 Å². The Labute approximate surface area is 151 Å². The number of carbonyl (C=O) groups is 1. The molecule has 1 N–H and O–H groups in total. The molecule has 1 amide bonds. The van der Waals surface area contributed by atoms with Crippen LogP contribution in [0.4, 0.5) is 5.82 Å². The normalized spacial score (nSPS) is 13.4. The van der Waals surface area contributed by atoms with Crippen molar-refractivity contribution in [2.75, 3.05) is 5.32 Å². The molecule has 26 heavy (non-hydrogen) atoms. The number of nitrogens with zero attached hydrogens (tertiary/aromatic N) is 4. The third-order valence-corrected chi connectivity index (χ3v) is 4.19. The maximum Gasteiger partial charge on any atom is 0.256 e. The molecule has 0 saturated heterocycles. The summed E-state index contributed by atoms with van der Waals surface area (Å²) in [4.78, 5) is 21.1. The van der Waals surface area contributed by atoms with Gasteiger partial charge >= 0.3 is 0 Å². The Balaban J connectivity index is 1.93. The average Bonchev–Trinajstić information content (AvgIpc) is 2.95. The highest BCUT2D eigenvalue weighted by molar-refractivity contribution is 6.11. The summed E-state index contributed by atoms with van der Waals surface area (Å²) in [6.45, 7) is 6.20. The van der Waals surface area contributed by atoms with Gasteiger partial charge < -0.3 is 5.32 Å². The molecule has 0 aliphatic heterocycles. The predicted octanol–water partition coefficient (Wildman–Crippen LogP) is 3.68. The number of carbonyl (C=O) groups excluding carboxylic acids is 1. The third-order valence-electron chi connectivity index (χ3n) is 4.19. The highest BCUT2D eigenvalue weighted by Gasteiger charge is 2.25. The highest BCUT2D eigenvalue weighted by atomic mass is 16.1. The predicted molar refractivity (Wildman–Crippen MR) is 102 cm³/mol. The van der Waals surface area contributed by atoms with E-state index in [-0.39, 0.29) is 11.4 Å². The van der Waals surface area contributed by atoms with Gasteiger partial charge in [-0.2, -0.15) is 5.10 Å². The van der Waals surface area contributed by atoms with Crippen LogP contribution in [-0.4, -0.2) is 25.7 Å². The van der Waals surface area contributed by atoms with E-state index in [4.69, 9.17) is 5.10 Å². The Morgan fingerprint density at radius 1 is 1.12 bits per heavy atom. The molecule has 1 aromatic carbocycles. The Kier molecular flexibility index (Phi) is 3.68. The summed E-state index contributed by atoms with van der Waals surface area (Å²) in [6.07, 6.45) is 6.83. The van der Waals surface area contributed by atoms with E-state index in [2.05, 4.69) is 36.1 Å². The zero-order valence-electron chi connectivity index (χ0n) is 14.9. The molecule has 130 valence electrons. The molecule has 0 radical (unpaired) electrons. The lowest BCUT2D eigenvalue weighted by Gasteiger charge is -2.19. The fourth-order valence-corrected chi connectivity index (χ4v) is 2.84. The van der Waals surface area contributed by atoms with E-state index in [0.717, 1.165) is 16.6 Å². The second kappa shape index (κ2) is 5.91. The van der Waals surface area contributed by atoms with Crippen LogP contribution in [0, 0.1) is 0 Å². The lowest BCUT2D eigenvalue weighted by molar-refractivity contribution is -0.112. The number of fused-ring (bicyclic) bond motifs is 1. The molecule has 0 saturated carbocycles. The van der Waals surface area contributed by atoms with E-state index in [9.17, 15) is 4.79 Å². The first kappa shape index (κ1) is 16.2. The van der Waals surface area contributed by atoms with E-state index >= 15 is 0 Å². The van der Waals surface area contributed by atoms with Crippen LogP contribution in [0.15, 0.2) is 60.5 Å². The number of amides is 1. The van der Waals surface area contributed by atoms with Crippen LogP contribution >= 0.6 is 0 Å². The quantitative estimate of drug-likeness (QED) is 0.786. The van der Waals surface area contributed by atoms with Crippen molar-refractivity contribution >= 4 is 22.8 Å². The molecule has 6 nitrogen and oxygen atoms in total. The molecule has 2 aromatic heterocycles. The zero-order valence-corrected chi connectivity index (χ0v) is 14.9. The van der Waals surface area contributed by atoms with E-state index in [0.29, 0.717) is 17.0 Å². The summed E-state index contributed by atoms with van der Waals surface area (Å²) >= 11 is 0. The minimum absolute atomic E-state index is 0.185. The number of allylic oxidation sites excluding steroid dienone is 2. The van der Waals surface area contributed by atoms with Gasteiger partial charge in [-0.15, -0.1) is 0 Å². The molecule has 0 fully saturated rings. The van der Waals surface area contributed by atoms with Crippen LogP contribution in [0.25, 0.3) is 22.3 Å². The highest BCUT2D eigenvalue weighted by Crippen LogP contribution is 2.34. The maximum absolute atomic E-state index is 12.4. The van der Waals surface area contributed by atoms with Crippen molar-refractivity contribution in [2.24, 2.45) is 0 Å². The van der Waals surface area contributed by atoms with Gasteiger partial charge in [-0.3, -0.25) is 4.79 Å². The van der Waals surface area contributed by atoms with Crippen molar-refractivity contribution in [3.05, 3.63) is 60.5 Å². The summed E-state index contributed by atoms with van der Waals surface area (Å²) in [6, 6.07) is 9.86. The van der Waals surface area contributed by atoms with Crippen LogP contribution in [0.2, 0.25) is 0 Å². The Morgan fingerprint density at radius 2 is 1.85 bits per heavy atom. The summed E-state index contributed by atoms with van der Waals surface area (Å²) in [5, 5.41) is 8.45. The van der Waals surface area contributed by atoms with Crippen molar-refractivity contribution in [1.82, 2.24) is 19.7 Å². The molecule has 2 heterocycles. The SMILES string of the molecule is CC(C)(C)n1nc(-c2ccccc2)c2c(NC(=O)C3=CC=C3)ncnc21. The van der Waals surface area contributed by atoms with Gasteiger partial charge in [0.1, 0.15) is 17.8 Å². The molecule has 0 bridgehead atoms. The van der Waals surface area contributed by atoms with Crippen molar-refractivity contribution in [1.29, 1.82) is 0 Å². The average molecular weight is 345 g/mol. The largest absolute Gasteiger partial charge is 0.306 e. The van der Waals surface area contributed by atoms with Crippen LogP contribution in [0.1, 0.15) is 20.8 Å². The van der Waals surface area contributed by atoms with Crippen LogP contribution in [0.5, 0.6) is 0 Å². The maximum atomic E-state index is 12.4. The molecule has 0 spiro atoms. The Hall–Kier alpha value is -3.28. The molecule has 0 unspecified atom stereocenters. The first-order chi connectivity index (χ1) is 12.4. The second-order valence-electron chi connectivity index (χ2n) is 7.15. The van der Waals surface area contributed by atoms with E-state index in [1.54, 1.807) is 12.2 Å². The number of nitrogens with one attached hydrogen (secondary N) is 1. The zero-order chi connectivity index (χ0) is 18.3. The first-order valence-electron chi connectivity index (χ1n) is 8.44. The lowest BCUT2D eigenvalue weighted by Crippen LogP contribution is -2.23. The summed E-state index contributed by atoms with van der Waals surface area (Å²) in [7, 11) is 0. The molecular formula is C20H19N5O. The number of hydrogen-bond donors (Lipinski definition) is 1. The monoisotopic (exact) mass is 345 g/mol. The fraction of sp³-hybridized carbons (Fsp3) is 0.200. The molecule has 1 aliphatic carbocycles. The van der Waals surface area contributed by atoms with Gasteiger partial charge in [-0.1, -0.05) is 36.4 Å². The second-order valence-corrected chi connectivity index (χ2v) is 7.15. The van der Waals surface area contributed by atoms with E-state index in [1.807, 2.05) is 41.1 Å². The van der Waals surface area contributed by atoms with Gasteiger partial charge in [0, 0.05) is 11.1 Å². The van der Waals surface area contributed by atoms with E-state index in [1.165, 1.54) is 6.33 Å². The van der Waals surface area contributed by atoms with Crippen LogP contribution < -0.4 is 5.32 Å². The van der Waals surface area contributed by atoms with Gasteiger partial charge in [-0.25, -0.2) is 14.6 Å². The summed E-state index contributed by atoms with van der Waals surface area (Å²) < 4.78 is 1.88. The van der Waals surface area contributed by atoms with Gasteiger partial charge in [-0.05, 0) is 32.9 Å². The number of hydrogen-bond acceptors (Lipinski definition) is 4. The molecule has 0 atom stereocenters. The third kappa shape index (κ3) is 2.69. The molecule has 3 aromatic rings. The van der Waals surface area contributed by atoms with Crippen molar-refractivity contribution in [3.8, 4) is 11.3 Å². The first-order valence-corrected chi connectivity index (χ1v) is 8.44. The fourth-order valence-electron chi connectivity index (χ4n) is 2.84. The summed E-state index contributed by atoms with van der Waals surface area (Å²) in [5.74, 6) is 0.283. The molecule has 1 aliphatic rings. The van der Waals surface area contributed by atoms with Crippen molar-refractivity contribution < 1.29 is 4.79 Å². The number of anilines is 1. The van der Waals surface area contributed by atoms with Crippen molar-refractivity contribution in [2.45, 2.75) is 26.3 Å². The minimum atomic E-state index is -0.264. The summed E-state index contributed by atoms with van der Waals surface area (Å²) in [5.41, 5.74) is 2.76. The van der Waals surface area contributed by atoms with Crippen molar-refractivity contribution in [3.63, 3.8) is 0 Å². The molecule has 6 heteroatoms. The molecule has 4 rings (SSSR count). The van der Waals surface area contributed by atoms with Gasteiger partial charge in [0.2, 0.25) is 0 Å². The van der Waals surface area contributed by atoms with Crippen LogP contribution in [-0.2, 0) is 10.3 Å². The smallest absolute Gasteiger partial charge is 0.256 e.